The number of anilines is 1. The lowest BCUT2D eigenvalue weighted by atomic mass is 10.1. The van der Waals surface area contributed by atoms with Crippen LogP contribution in [0.2, 0.25) is 0 Å². The van der Waals surface area contributed by atoms with Crippen molar-refractivity contribution in [1.82, 2.24) is 4.98 Å². The number of carbonyl (C=O) groups is 1. The van der Waals surface area contributed by atoms with Crippen LogP contribution >= 0.6 is 22.7 Å². The number of aromatic nitrogens is 1. The summed E-state index contributed by atoms with van der Waals surface area (Å²) in [6.45, 7) is 6.30. The molecule has 5 heteroatoms. The monoisotopic (exact) mass is 356 g/mol. The highest BCUT2D eigenvalue weighted by atomic mass is 32.1. The maximum absolute atomic E-state index is 12.4. The van der Waals surface area contributed by atoms with Crippen LogP contribution in [0, 0.1) is 6.92 Å². The highest BCUT2D eigenvalue weighted by molar-refractivity contribution is 7.15. The van der Waals surface area contributed by atoms with Gasteiger partial charge >= 0.3 is 0 Å². The minimum atomic E-state index is -0.0787. The Balaban J connectivity index is 1.74. The second-order valence-electron chi connectivity index (χ2n) is 5.61. The number of hydrogen-bond acceptors (Lipinski definition) is 4. The van der Waals surface area contributed by atoms with Crippen LogP contribution in [0.3, 0.4) is 0 Å². The molecule has 3 aromatic rings. The minimum absolute atomic E-state index is 0.0787. The fourth-order valence-electron chi connectivity index (χ4n) is 2.52. The number of rotatable bonds is 5. The molecule has 0 saturated carbocycles. The second kappa shape index (κ2) is 7.28. The molecule has 2 aromatic heterocycles. The van der Waals surface area contributed by atoms with Crippen LogP contribution in [0.5, 0.6) is 0 Å². The molecule has 0 atom stereocenters. The van der Waals surface area contributed by atoms with Gasteiger partial charge in [-0.3, -0.25) is 10.1 Å². The normalized spacial score (nSPS) is 10.8. The van der Waals surface area contributed by atoms with Crippen molar-refractivity contribution in [3.8, 4) is 11.3 Å². The third kappa shape index (κ3) is 3.57. The fourth-order valence-corrected chi connectivity index (χ4v) is 4.24. The van der Waals surface area contributed by atoms with Crippen LogP contribution in [0.15, 0.2) is 35.7 Å². The molecule has 0 spiro atoms. The zero-order chi connectivity index (χ0) is 17.1. The van der Waals surface area contributed by atoms with E-state index in [-0.39, 0.29) is 5.91 Å². The van der Waals surface area contributed by atoms with Gasteiger partial charge in [-0.2, -0.15) is 0 Å². The van der Waals surface area contributed by atoms with Gasteiger partial charge in [0.05, 0.1) is 10.6 Å². The average molecular weight is 357 g/mol. The number of nitrogens with zero attached hydrogens (tertiary/aromatic N) is 1. The molecule has 0 saturated heterocycles. The van der Waals surface area contributed by atoms with Gasteiger partial charge in [0.25, 0.3) is 5.91 Å². The molecule has 2 heterocycles. The zero-order valence-corrected chi connectivity index (χ0v) is 15.7. The number of benzene rings is 1. The standard InChI is InChI=1S/C19H20N2OS2/c1-4-13-6-8-14(9-7-13)15-11-23-19(20-15)21-18(22)17-10-12(3)16(5-2)24-17/h6-11H,4-5H2,1-3H3,(H,20,21,22). The van der Waals surface area contributed by atoms with Crippen molar-refractivity contribution in [2.24, 2.45) is 0 Å². The third-order valence-corrected chi connectivity index (χ3v) is 6.09. The van der Waals surface area contributed by atoms with Crippen LogP contribution in [-0.2, 0) is 12.8 Å². The van der Waals surface area contributed by atoms with Gasteiger partial charge in [0.2, 0.25) is 0 Å². The average Bonchev–Trinajstić information content (AvgIpc) is 3.21. The molecule has 1 amide bonds. The van der Waals surface area contributed by atoms with E-state index in [1.165, 1.54) is 27.3 Å². The highest BCUT2D eigenvalue weighted by Gasteiger charge is 2.14. The molecule has 0 bridgehead atoms. The summed E-state index contributed by atoms with van der Waals surface area (Å²) in [5.41, 5.74) is 4.46. The Morgan fingerprint density at radius 2 is 1.92 bits per heavy atom. The molecule has 3 nitrogen and oxygen atoms in total. The molecular formula is C19H20N2OS2. The van der Waals surface area contributed by atoms with Crippen molar-refractivity contribution < 1.29 is 4.79 Å². The summed E-state index contributed by atoms with van der Waals surface area (Å²) in [7, 11) is 0. The van der Waals surface area contributed by atoms with E-state index in [4.69, 9.17) is 0 Å². The Morgan fingerprint density at radius 1 is 1.17 bits per heavy atom. The summed E-state index contributed by atoms with van der Waals surface area (Å²) in [5, 5.41) is 5.53. The summed E-state index contributed by atoms with van der Waals surface area (Å²) >= 11 is 3.01. The predicted molar refractivity (Wildman–Crippen MR) is 103 cm³/mol. The van der Waals surface area contributed by atoms with E-state index >= 15 is 0 Å². The van der Waals surface area contributed by atoms with Gasteiger partial charge in [-0.15, -0.1) is 22.7 Å². The first kappa shape index (κ1) is 16.9. The minimum Gasteiger partial charge on any atom is -0.297 e. The third-order valence-electron chi connectivity index (χ3n) is 3.95. The SMILES string of the molecule is CCc1ccc(-c2csc(NC(=O)c3cc(C)c(CC)s3)n2)cc1. The number of aryl methyl sites for hydroxylation is 3. The molecule has 0 unspecified atom stereocenters. The topological polar surface area (TPSA) is 42.0 Å². The van der Waals surface area contributed by atoms with Crippen molar-refractivity contribution in [1.29, 1.82) is 0 Å². The molecule has 0 aliphatic rings. The summed E-state index contributed by atoms with van der Waals surface area (Å²) in [5.74, 6) is -0.0787. The molecule has 0 fully saturated rings. The Bertz CT molecular complexity index is 847. The Labute approximate surface area is 150 Å². The van der Waals surface area contributed by atoms with Crippen molar-refractivity contribution in [2.45, 2.75) is 33.6 Å². The van der Waals surface area contributed by atoms with Crippen LogP contribution in [0.4, 0.5) is 5.13 Å². The zero-order valence-electron chi connectivity index (χ0n) is 14.1. The Hall–Kier alpha value is -1.98. The van der Waals surface area contributed by atoms with E-state index < -0.39 is 0 Å². The van der Waals surface area contributed by atoms with E-state index in [2.05, 4.69) is 48.4 Å². The first-order chi connectivity index (χ1) is 11.6. The Kier molecular flexibility index (Phi) is 5.11. The van der Waals surface area contributed by atoms with Crippen molar-refractivity contribution >= 4 is 33.7 Å². The number of thiophene rings is 1. The summed E-state index contributed by atoms with van der Waals surface area (Å²) in [6.07, 6.45) is 1.98. The predicted octanol–water partition coefficient (Wildman–Crippen LogP) is 5.56. The molecule has 0 radical (unpaired) electrons. The van der Waals surface area contributed by atoms with E-state index in [1.54, 1.807) is 11.3 Å². The van der Waals surface area contributed by atoms with Crippen molar-refractivity contribution in [3.63, 3.8) is 0 Å². The molecule has 124 valence electrons. The van der Waals surface area contributed by atoms with Gasteiger partial charge in [-0.05, 0) is 37.0 Å². The van der Waals surface area contributed by atoms with Crippen molar-refractivity contribution in [3.05, 3.63) is 56.6 Å². The Morgan fingerprint density at radius 3 is 2.54 bits per heavy atom. The van der Waals surface area contributed by atoms with Gasteiger partial charge in [0.15, 0.2) is 5.13 Å². The van der Waals surface area contributed by atoms with Gasteiger partial charge < -0.3 is 0 Å². The van der Waals surface area contributed by atoms with Gasteiger partial charge in [-0.1, -0.05) is 38.1 Å². The maximum Gasteiger partial charge on any atom is 0.267 e. The van der Waals surface area contributed by atoms with E-state index in [0.717, 1.165) is 29.0 Å². The van der Waals surface area contributed by atoms with Gasteiger partial charge in [-0.25, -0.2) is 4.98 Å². The van der Waals surface area contributed by atoms with E-state index in [1.807, 2.05) is 18.4 Å². The first-order valence-electron chi connectivity index (χ1n) is 8.06. The number of amides is 1. The van der Waals surface area contributed by atoms with Crippen LogP contribution in [-0.4, -0.2) is 10.9 Å². The lowest BCUT2D eigenvalue weighted by Crippen LogP contribution is -2.09. The summed E-state index contributed by atoms with van der Waals surface area (Å²) in [4.78, 5) is 18.9. The highest BCUT2D eigenvalue weighted by Crippen LogP contribution is 2.27. The fraction of sp³-hybridized carbons (Fsp3) is 0.263. The van der Waals surface area contributed by atoms with Crippen molar-refractivity contribution in [2.75, 3.05) is 5.32 Å². The lowest BCUT2D eigenvalue weighted by molar-refractivity contribution is 0.103. The molecule has 24 heavy (non-hydrogen) atoms. The number of carbonyl (C=O) groups excluding carboxylic acids is 1. The van der Waals surface area contributed by atoms with Crippen LogP contribution < -0.4 is 5.32 Å². The quantitative estimate of drug-likeness (QED) is 0.650. The number of hydrogen-bond donors (Lipinski definition) is 1. The first-order valence-corrected chi connectivity index (χ1v) is 9.75. The largest absolute Gasteiger partial charge is 0.297 e. The maximum atomic E-state index is 12.4. The smallest absolute Gasteiger partial charge is 0.267 e. The molecule has 0 aliphatic heterocycles. The summed E-state index contributed by atoms with van der Waals surface area (Å²) in [6, 6.07) is 10.4. The number of nitrogens with one attached hydrogen (secondary N) is 1. The molecule has 1 N–H and O–H groups in total. The number of thiazole rings is 1. The van der Waals surface area contributed by atoms with Gasteiger partial charge in [0, 0.05) is 15.8 Å². The van der Waals surface area contributed by atoms with Crippen LogP contribution in [0.25, 0.3) is 11.3 Å². The lowest BCUT2D eigenvalue weighted by Gasteiger charge is -2.00. The molecule has 0 aliphatic carbocycles. The molecule has 1 aromatic carbocycles. The summed E-state index contributed by atoms with van der Waals surface area (Å²) < 4.78 is 0. The van der Waals surface area contributed by atoms with E-state index in [0.29, 0.717) is 5.13 Å². The molecular weight excluding hydrogens is 336 g/mol. The van der Waals surface area contributed by atoms with E-state index in [9.17, 15) is 4.79 Å². The van der Waals surface area contributed by atoms with Crippen LogP contribution in [0.1, 0.15) is 39.5 Å². The second-order valence-corrected chi connectivity index (χ2v) is 7.61. The van der Waals surface area contributed by atoms with Gasteiger partial charge in [0.1, 0.15) is 0 Å². The molecule has 3 rings (SSSR count).